The van der Waals surface area contributed by atoms with Crippen LogP contribution in [0, 0.1) is 5.82 Å². The minimum Gasteiger partial charge on any atom is -0.324 e. The topological polar surface area (TPSA) is 104 Å². The average Bonchev–Trinajstić information content (AvgIpc) is 2.51. The molecule has 0 spiro atoms. The van der Waals surface area contributed by atoms with Gasteiger partial charge in [0.05, 0.1) is 22.7 Å². The Morgan fingerprint density at radius 3 is 2.35 bits per heavy atom. The predicted molar refractivity (Wildman–Crippen MR) is 98.6 cm³/mol. The molecule has 0 bridgehead atoms. The van der Waals surface area contributed by atoms with Crippen molar-refractivity contribution in [1.82, 2.24) is 0 Å². The Kier molecular flexibility index (Phi) is 5.83. The summed E-state index contributed by atoms with van der Waals surface area (Å²) in [5, 5.41) is 4.97. The number of halogens is 2. The minimum atomic E-state index is -3.57. The van der Waals surface area contributed by atoms with Crippen molar-refractivity contribution in [2.45, 2.75) is 6.92 Å². The monoisotopic (exact) mass is 399 g/mol. The summed E-state index contributed by atoms with van der Waals surface area (Å²) < 4.78 is 38.5. The third kappa shape index (κ3) is 5.43. The molecule has 26 heavy (non-hydrogen) atoms. The van der Waals surface area contributed by atoms with Gasteiger partial charge in [0.2, 0.25) is 15.9 Å². The van der Waals surface area contributed by atoms with Crippen LogP contribution >= 0.6 is 11.6 Å². The van der Waals surface area contributed by atoms with Gasteiger partial charge in [0.15, 0.2) is 0 Å². The number of rotatable bonds is 5. The zero-order chi connectivity index (χ0) is 19.5. The van der Waals surface area contributed by atoms with Crippen molar-refractivity contribution in [3.63, 3.8) is 0 Å². The van der Waals surface area contributed by atoms with E-state index in [1.165, 1.54) is 37.3 Å². The van der Waals surface area contributed by atoms with E-state index in [9.17, 15) is 22.4 Å². The maximum Gasteiger partial charge on any atom is 0.255 e. The van der Waals surface area contributed by atoms with Crippen LogP contribution in [0.25, 0.3) is 0 Å². The number of anilines is 3. The molecule has 2 aromatic rings. The lowest BCUT2D eigenvalue weighted by Crippen LogP contribution is -2.15. The van der Waals surface area contributed by atoms with Gasteiger partial charge >= 0.3 is 0 Å². The largest absolute Gasteiger partial charge is 0.324 e. The Morgan fingerprint density at radius 1 is 1.04 bits per heavy atom. The van der Waals surface area contributed by atoms with E-state index < -0.39 is 27.7 Å². The van der Waals surface area contributed by atoms with E-state index in [-0.39, 0.29) is 27.6 Å². The van der Waals surface area contributed by atoms with Crippen LogP contribution in [0.1, 0.15) is 17.3 Å². The summed E-state index contributed by atoms with van der Waals surface area (Å²) in [6.45, 7) is 1.23. The molecular formula is C16H15ClFN3O4S. The highest BCUT2D eigenvalue weighted by molar-refractivity contribution is 7.92. The molecule has 0 fully saturated rings. The molecule has 3 N–H and O–H groups in total. The van der Waals surface area contributed by atoms with Crippen molar-refractivity contribution in [3.05, 3.63) is 52.8 Å². The summed E-state index contributed by atoms with van der Waals surface area (Å²) in [6.07, 6.45) is 0.956. The first-order valence-electron chi connectivity index (χ1n) is 7.21. The third-order valence-corrected chi connectivity index (χ3v) is 3.98. The van der Waals surface area contributed by atoms with Crippen LogP contribution in [-0.4, -0.2) is 26.5 Å². The van der Waals surface area contributed by atoms with E-state index in [1.54, 1.807) is 0 Å². The fraction of sp³-hybridized carbons (Fsp3) is 0.125. The molecular weight excluding hydrogens is 385 g/mol. The van der Waals surface area contributed by atoms with Gasteiger partial charge in [0, 0.05) is 18.2 Å². The lowest BCUT2D eigenvalue weighted by atomic mass is 10.2. The van der Waals surface area contributed by atoms with Crippen molar-refractivity contribution in [2.24, 2.45) is 0 Å². The normalized spacial score (nSPS) is 10.9. The number of nitrogens with one attached hydrogen (secondary N) is 3. The lowest BCUT2D eigenvalue weighted by molar-refractivity contribution is -0.114. The van der Waals surface area contributed by atoms with E-state index >= 15 is 0 Å². The Hall–Kier alpha value is -2.65. The smallest absolute Gasteiger partial charge is 0.255 e. The predicted octanol–water partition coefficient (Wildman–Crippen LogP) is 3.06. The zero-order valence-corrected chi connectivity index (χ0v) is 15.3. The number of sulfonamides is 1. The summed E-state index contributed by atoms with van der Waals surface area (Å²) in [5.74, 6) is -1.68. The Bertz CT molecular complexity index is 979. The maximum atomic E-state index is 13.6. The molecule has 2 amide bonds. The molecule has 0 saturated carbocycles. The fourth-order valence-electron chi connectivity index (χ4n) is 2.04. The summed E-state index contributed by atoms with van der Waals surface area (Å²) in [5.41, 5.74) is 0.351. The molecule has 138 valence electrons. The van der Waals surface area contributed by atoms with Crippen molar-refractivity contribution in [1.29, 1.82) is 0 Å². The highest BCUT2D eigenvalue weighted by Crippen LogP contribution is 2.25. The van der Waals surface area contributed by atoms with Gasteiger partial charge in [-0.2, -0.15) is 0 Å². The molecule has 7 nitrogen and oxygen atoms in total. The molecule has 0 atom stereocenters. The number of carbonyl (C=O) groups excluding carboxylic acids is 2. The van der Waals surface area contributed by atoms with Gasteiger partial charge in [-0.05, 0) is 36.4 Å². The molecule has 0 aliphatic rings. The fourth-order valence-corrected chi connectivity index (χ4v) is 2.83. The number of hydrogen-bond acceptors (Lipinski definition) is 4. The Balaban J connectivity index is 2.25. The minimum absolute atomic E-state index is 0.0554. The molecule has 2 aromatic carbocycles. The van der Waals surface area contributed by atoms with Gasteiger partial charge in [0.1, 0.15) is 5.82 Å². The summed E-state index contributed by atoms with van der Waals surface area (Å²) >= 11 is 5.91. The first-order chi connectivity index (χ1) is 12.0. The molecule has 10 heteroatoms. The summed E-state index contributed by atoms with van der Waals surface area (Å²) in [6, 6.07) is 7.74. The first kappa shape index (κ1) is 19.7. The standard InChI is InChI=1S/C16H15ClFN3O4S/c1-9(22)19-15-8-11(4-6-13(15)18)20-16(23)10-3-5-12(17)14(7-10)21-26(2,24)25/h3-8,21H,1-2H3,(H,19,22)(H,20,23). The molecule has 2 rings (SSSR count). The Morgan fingerprint density at radius 2 is 1.73 bits per heavy atom. The van der Waals surface area contributed by atoms with Crippen LogP contribution in [0.2, 0.25) is 5.02 Å². The van der Waals surface area contributed by atoms with Crippen LogP contribution in [0.4, 0.5) is 21.5 Å². The van der Waals surface area contributed by atoms with Gasteiger partial charge in [-0.1, -0.05) is 11.6 Å². The van der Waals surface area contributed by atoms with Gasteiger partial charge in [-0.3, -0.25) is 14.3 Å². The van der Waals surface area contributed by atoms with Crippen molar-refractivity contribution < 1.29 is 22.4 Å². The highest BCUT2D eigenvalue weighted by Gasteiger charge is 2.13. The summed E-state index contributed by atoms with van der Waals surface area (Å²) in [4.78, 5) is 23.4. The molecule has 0 aliphatic heterocycles. The second-order valence-electron chi connectivity index (χ2n) is 5.40. The van der Waals surface area contributed by atoms with E-state index in [0.717, 1.165) is 12.3 Å². The number of amides is 2. The second-order valence-corrected chi connectivity index (χ2v) is 7.55. The van der Waals surface area contributed by atoms with Crippen molar-refractivity contribution >= 4 is 50.5 Å². The molecule has 0 radical (unpaired) electrons. The molecule has 0 saturated heterocycles. The summed E-state index contributed by atoms with van der Waals surface area (Å²) in [7, 11) is -3.57. The number of benzene rings is 2. The SMILES string of the molecule is CC(=O)Nc1cc(NC(=O)c2ccc(Cl)c(NS(C)(=O)=O)c2)ccc1F. The van der Waals surface area contributed by atoms with Gasteiger partial charge < -0.3 is 10.6 Å². The van der Waals surface area contributed by atoms with Crippen LogP contribution < -0.4 is 15.4 Å². The lowest BCUT2D eigenvalue weighted by Gasteiger charge is -2.11. The van der Waals surface area contributed by atoms with Crippen LogP contribution in [0.15, 0.2) is 36.4 Å². The number of hydrogen-bond donors (Lipinski definition) is 3. The molecule has 0 heterocycles. The van der Waals surface area contributed by atoms with E-state index in [4.69, 9.17) is 11.6 Å². The van der Waals surface area contributed by atoms with Crippen molar-refractivity contribution in [2.75, 3.05) is 21.6 Å². The molecule has 0 aliphatic carbocycles. The van der Waals surface area contributed by atoms with Gasteiger partial charge in [0.25, 0.3) is 5.91 Å². The third-order valence-electron chi connectivity index (χ3n) is 3.06. The van der Waals surface area contributed by atoms with E-state index in [1.807, 2.05) is 0 Å². The highest BCUT2D eigenvalue weighted by atomic mass is 35.5. The van der Waals surface area contributed by atoms with Crippen LogP contribution in [0.3, 0.4) is 0 Å². The molecule has 0 unspecified atom stereocenters. The first-order valence-corrected chi connectivity index (χ1v) is 9.48. The van der Waals surface area contributed by atoms with Crippen LogP contribution in [-0.2, 0) is 14.8 Å². The van der Waals surface area contributed by atoms with E-state index in [0.29, 0.717) is 0 Å². The van der Waals surface area contributed by atoms with Gasteiger partial charge in [-0.15, -0.1) is 0 Å². The zero-order valence-electron chi connectivity index (χ0n) is 13.8. The maximum absolute atomic E-state index is 13.6. The molecule has 0 aromatic heterocycles. The second kappa shape index (κ2) is 7.71. The Labute approximate surface area is 154 Å². The van der Waals surface area contributed by atoms with E-state index in [2.05, 4.69) is 15.4 Å². The van der Waals surface area contributed by atoms with Crippen molar-refractivity contribution in [3.8, 4) is 0 Å². The number of carbonyl (C=O) groups is 2. The quantitative estimate of drug-likeness (QED) is 0.718. The van der Waals surface area contributed by atoms with Gasteiger partial charge in [-0.25, -0.2) is 12.8 Å². The average molecular weight is 400 g/mol. The van der Waals surface area contributed by atoms with Crippen LogP contribution in [0.5, 0.6) is 0 Å².